The summed E-state index contributed by atoms with van der Waals surface area (Å²) >= 11 is 0. The van der Waals surface area contributed by atoms with Crippen LogP contribution in [-0.4, -0.2) is 12.5 Å². The molecule has 1 N–H and O–H groups in total. The minimum atomic E-state index is -4.50. The summed E-state index contributed by atoms with van der Waals surface area (Å²) in [4.78, 5) is 24.4. The highest BCUT2D eigenvalue weighted by molar-refractivity contribution is 5.93. The van der Waals surface area contributed by atoms with E-state index < -0.39 is 24.3 Å². The van der Waals surface area contributed by atoms with Gasteiger partial charge in [0.05, 0.1) is 10.9 Å². The van der Waals surface area contributed by atoms with Crippen LogP contribution in [0.2, 0.25) is 0 Å². The third-order valence-corrected chi connectivity index (χ3v) is 5.01. The number of anilines is 1. The second-order valence-corrected chi connectivity index (χ2v) is 7.25. The van der Waals surface area contributed by atoms with E-state index in [0.29, 0.717) is 35.1 Å². The summed E-state index contributed by atoms with van der Waals surface area (Å²) in [7, 11) is 0. The molecule has 1 aliphatic rings. The van der Waals surface area contributed by atoms with Crippen molar-refractivity contribution in [2.75, 3.05) is 11.9 Å². The van der Waals surface area contributed by atoms with Crippen LogP contribution >= 0.6 is 0 Å². The van der Waals surface area contributed by atoms with Gasteiger partial charge in [-0.3, -0.25) is 4.79 Å². The topological polar surface area (TPSA) is 68.5 Å². The van der Waals surface area contributed by atoms with Crippen LogP contribution < -0.4 is 15.7 Å². The molecule has 1 aromatic heterocycles. The maximum absolute atomic E-state index is 12.8. The first-order chi connectivity index (χ1) is 14.2. The van der Waals surface area contributed by atoms with E-state index >= 15 is 0 Å². The first kappa shape index (κ1) is 20.0. The van der Waals surface area contributed by atoms with Gasteiger partial charge in [-0.05, 0) is 67.6 Å². The van der Waals surface area contributed by atoms with Crippen molar-refractivity contribution in [1.82, 2.24) is 0 Å². The third-order valence-electron chi connectivity index (χ3n) is 5.01. The molecule has 5 nitrogen and oxygen atoms in total. The lowest BCUT2D eigenvalue weighted by Crippen LogP contribution is -2.21. The van der Waals surface area contributed by atoms with E-state index in [4.69, 9.17) is 9.15 Å². The van der Waals surface area contributed by atoms with Crippen molar-refractivity contribution in [3.63, 3.8) is 0 Å². The zero-order chi connectivity index (χ0) is 21.5. The molecule has 30 heavy (non-hydrogen) atoms. The Morgan fingerprint density at radius 3 is 2.70 bits per heavy atom. The summed E-state index contributed by atoms with van der Waals surface area (Å²) in [5.74, 6) is -0.191. The molecule has 0 atom stereocenters. The first-order valence-corrected chi connectivity index (χ1v) is 9.41. The number of benzene rings is 2. The number of hydrogen-bond donors (Lipinski definition) is 1. The number of aryl methyl sites for hydroxylation is 2. The van der Waals surface area contributed by atoms with Crippen molar-refractivity contribution < 1.29 is 27.1 Å². The lowest BCUT2D eigenvalue weighted by atomic mass is 10.0. The summed E-state index contributed by atoms with van der Waals surface area (Å²) < 4.78 is 49.6. The molecule has 4 rings (SSSR count). The predicted octanol–water partition coefficient (Wildman–Crippen LogP) is 4.63. The van der Waals surface area contributed by atoms with Crippen molar-refractivity contribution >= 4 is 22.6 Å². The molecule has 1 amide bonds. The van der Waals surface area contributed by atoms with Crippen molar-refractivity contribution in [3.8, 4) is 5.75 Å². The van der Waals surface area contributed by atoms with E-state index in [1.165, 1.54) is 12.1 Å². The monoisotopic (exact) mass is 417 g/mol. The van der Waals surface area contributed by atoms with Crippen LogP contribution in [0, 0.1) is 6.92 Å². The fraction of sp³-hybridized carbons (Fsp3) is 0.273. The molecule has 0 unspecified atom stereocenters. The minimum absolute atomic E-state index is 0.0272. The summed E-state index contributed by atoms with van der Waals surface area (Å²) in [6, 6.07) is 7.87. The van der Waals surface area contributed by atoms with E-state index in [1.807, 2.05) is 6.92 Å². The standard InChI is InChI=1S/C22H18F3NO4/c1-12-8-17(20-15-6-3-7-16(15)21(28)30-18(20)9-12)29-11-19(27)26-14-5-2-4-13(10-14)22(23,24)25/h2,4-5,8-10H,3,6-7,11H2,1H3,(H,26,27). The number of fused-ring (bicyclic) bond motifs is 3. The quantitative estimate of drug-likeness (QED) is 0.629. The number of alkyl halides is 3. The van der Waals surface area contributed by atoms with E-state index in [-0.39, 0.29) is 11.3 Å². The van der Waals surface area contributed by atoms with Gasteiger partial charge in [-0.15, -0.1) is 0 Å². The lowest BCUT2D eigenvalue weighted by molar-refractivity contribution is -0.137. The molecular weight excluding hydrogens is 399 g/mol. The number of carbonyl (C=O) groups excluding carboxylic acids is 1. The Hall–Kier alpha value is -3.29. The smallest absolute Gasteiger partial charge is 0.416 e. The van der Waals surface area contributed by atoms with Crippen molar-refractivity contribution in [2.24, 2.45) is 0 Å². The molecule has 2 aromatic carbocycles. The number of rotatable bonds is 4. The molecular formula is C22H18F3NO4. The Labute approximate surface area is 169 Å². The molecule has 0 spiro atoms. The van der Waals surface area contributed by atoms with Crippen LogP contribution in [0.5, 0.6) is 5.75 Å². The highest BCUT2D eigenvalue weighted by Crippen LogP contribution is 2.35. The van der Waals surface area contributed by atoms with Gasteiger partial charge in [0, 0.05) is 11.3 Å². The average molecular weight is 417 g/mol. The van der Waals surface area contributed by atoms with Crippen LogP contribution in [-0.2, 0) is 23.8 Å². The molecule has 0 saturated heterocycles. The van der Waals surface area contributed by atoms with Crippen LogP contribution in [0.3, 0.4) is 0 Å². The molecule has 0 saturated carbocycles. The average Bonchev–Trinajstić information content (AvgIpc) is 3.16. The first-order valence-electron chi connectivity index (χ1n) is 9.41. The van der Waals surface area contributed by atoms with Crippen molar-refractivity contribution in [1.29, 1.82) is 0 Å². The van der Waals surface area contributed by atoms with E-state index in [1.54, 1.807) is 12.1 Å². The maximum Gasteiger partial charge on any atom is 0.416 e. The van der Waals surface area contributed by atoms with Gasteiger partial charge in [0.1, 0.15) is 11.3 Å². The van der Waals surface area contributed by atoms with Gasteiger partial charge in [0.15, 0.2) is 6.61 Å². The summed E-state index contributed by atoms with van der Waals surface area (Å²) in [6.45, 7) is 1.41. The molecule has 0 aliphatic heterocycles. The van der Waals surface area contributed by atoms with E-state index in [0.717, 1.165) is 29.7 Å². The van der Waals surface area contributed by atoms with Gasteiger partial charge in [-0.1, -0.05) is 6.07 Å². The van der Waals surface area contributed by atoms with Crippen molar-refractivity contribution in [3.05, 3.63) is 69.1 Å². The molecule has 0 bridgehead atoms. The SMILES string of the molecule is Cc1cc(OCC(=O)Nc2cccc(C(F)(F)F)c2)c2c3c(c(=O)oc2c1)CCC3. The Kier molecular flexibility index (Phi) is 5.01. The molecule has 1 heterocycles. The van der Waals surface area contributed by atoms with E-state index in [2.05, 4.69) is 5.32 Å². The Morgan fingerprint density at radius 1 is 1.17 bits per heavy atom. The third kappa shape index (κ3) is 3.90. The zero-order valence-corrected chi connectivity index (χ0v) is 16.1. The fourth-order valence-electron chi connectivity index (χ4n) is 3.73. The van der Waals surface area contributed by atoms with Gasteiger partial charge in [0.2, 0.25) is 0 Å². The maximum atomic E-state index is 12.8. The predicted molar refractivity (Wildman–Crippen MR) is 105 cm³/mol. The van der Waals surface area contributed by atoms with Crippen LogP contribution in [0.25, 0.3) is 11.0 Å². The number of hydrogen-bond acceptors (Lipinski definition) is 4. The van der Waals surface area contributed by atoms with Gasteiger partial charge >= 0.3 is 11.8 Å². The molecule has 1 aliphatic carbocycles. The number of carbonyl (C=O) groups is 1. The number of nitrogens with one attached hydrogen (secondary N) is 1. The molecule has 0 radical (unpaired) electrons. The van der Waals surface area contributed by atoms with Crippen LogP contribution in [0.15, 0.2) is 45.6 Å². The highest BCUT2D eigenvalue weighted by Gasteiger charge is 2.30. The molecule has 156 valence electrons. The van der Waals surface area contributed by atoms with Crippen molar-refractivity contribution in [2.45, 2.75) is 32.4 Å². The van der Waals surface area contributed by atoms with Gasteiger partial charge in [-0.2, -0.15) is 13.2 Å². The summed E-state index contributed by atoms with van der Waals surface area (Å²) in [5, 5.41) is 3.08. The van der Waals surface area contributed by atoms with Gasteiger partial charge in [-0.25, -0.2) is 4.79 Å². The zero-order valence-electron chi connectivity index (χ0n) is 16.1. The number of amides is 1. The van der Waals surface area contributed by atoms with Crippen LogP contribution in [0.4, 0.5) is 18.9 Å². The highest BCUT2D eigenvalue weighted by atomic mass is 19.4. The van der Waals surface area contributed by atoms with Crippen LogP contribution in [0.1, 0.15) is 28.7 Å². The molecule has 0 fully saturated rings. The summed E-state index contributed by atoms with van der Waals surface area (Å²) in [6.07, 6.45) is -2.31. The Morgan fingerprint density at radius 2 is 1.93 bits per heavy atom. The number of halogens is 3. The lowest BCUT2D eigenvalue weighted by Gasteiger charge is -2.13. The largest absolute Gasteiger partial charge is 0.483 e. The Balaban J connectivity index is 1.56. The fourth-order valence-corrected chi connectivity index (χ4v) is 3.73. The van der Waals surface area contributed by atoms with E-state index in [9.17, 15) is 22.8 Å². The van der Waals surface area contributed by atoms with Gasteiger partial charge in [0.25, 0.3) is 5.91 Å². The molecule has 3 aromatic rings. The number of ether oxygens (including phenoxy) is 1. The second kappa shape index (κ2) is 7.51. The molecule has 8 heteroatoms. The van der Waals surface area contributed by atoms with Gasteiger partial charge < -0.3 is 14.5 Å². The minimum Gasteiger partial charge on any atom is -0.483 e. The summed E-state index contributed by atoms with van der Waals surface area (Å²) in [5.41, 5.74) is 1.51. The Bertz CT molecular complexity index is 1200. The second-order valence-electron chi connectivity index (χ2n) is 7.25. The normalized spacial score (nSPS) is 13.3.